The molecule has 7 heteroatoms. The van der Waals surface area contributed by atoms with Gasteiger partial charge in [0.15, 0.2) is 0 Å². The summed E-state index contributed by atoms with van der Waals surface area (Å²) in [7, 11) is 0. The fourth-order valence-corrected chi connectivity index (χ4v) is 4.92. The molecule has 148 valence electrons. The van der Waals surface area contributed by atoms with Crippen molar-refractivity contribution in [2.24, 2.45) is 5.10 Å². The van der Waals surface area contributed by atoms with Gasteiger partial charge in [0.2, 0.25) is 5.91 Å². The minimum absolute atomic E-state index is 0.157. The first-order valence-corrected chi connectivity index (χ1v) is 11.7. The zero-order chi connectivity index (χ0) is 20.6. The van der Waals surface area contributed by atoms with E-state index < -0.39 is 0 Å². The van der Waals surface area contributed by atoms with Gasteiger partial charge in [0.1, 0.15) is 12.4 Å². The zero-order valence-electron chi connectivity index (χ0n) is 15.2. The second-order valence-corrected chi connectivity index (χ2v) is 9.42. The highest BCUT2D eigenvalue weighted by atomic mass is 127. The highest BCUT2D eigenvalue weighted by molar-refractivity contribution is 14.1. The Bertz CT molecular complexity index is 986. The van der Waals surface area contributed by atoms with E-state index in [1.54, 1.807) is 6.21 Å². The monoisotopic (exact) mass is 674 g/mol. The molecule has 0 spiro atoms. The maximum Gasteiger partial charge on any atom is 0.244 e. The predicted octanol–water partition coefficient (Wildman–Crippen LogP) is 5.93. The number of hydrazone groups is 1. The highest BCUT2D eigenvalue weighted by Gasteiger charge is 2.09. The molecule has 0 bridgehead atoms. The smallest absolute Gasteiger partial charge is 0.244 e. The van der Waals surface area contributed by atoms with Crippen LogP contribution in [0.25, 0.3) is 0 Å². The second-order valence-electron chi connectivity index (χ2n) is 6.18. The van der Waals surface area contributed by atoms with E-state index in [1.165, 1.54) is 0 Å². The number of halogens is 3. The molecule has 0 unspecified atom stereocenters. The molecule has 0 aliphatic carbocycles. The number of nitrogens with zero attached hydrogens (tertiary/aromatic N) is 1. The fourth-order valence-electron chi connectivity index (χ4n) is 2.53. The molecular weight excluding hydrogens is 658 g/mol. The van der Waals surface area contributed by atoms with E-state index in [0.717, 1.165) is 34.1 Å². The SMILES string of the molecule is O=C(Cc1ccc(Br)cc1)N/N=C\c1cc(I)c(OCc2ccccc2)c(I)c1. The van der Waals surface area contributed by atoms with E-state index in [0.29, 0.717) is 6.61 Å². The molecule has 0 heterocycles. The van der Waals surface area contributed by atoms with Crippen molar-refractivity contribution in [1.29, 1.82) is 0 Å². The van der Waals surface area contributed by atoms with Gasteiger partial charge < -0.3 is 4.74 Å². The lowest BCUT2D eigenvalue weighted by atomic mass is 10.1. The summed E-state index contributed by atoms with van der Waals surface area (Å²) in [4.78, 5) is 12.0. The largest absolute Gasteiger partial charge is 0.487 e. The van der Waals surface area contributed by atoms with E-state index in [1.807, 2.05) is 66.7 Å². The normalized spacial score (nSPS) is 10.9. The van der Waals surface area contributed by atoms with Gasteiger partial charge >= 0.3 is 0 Å². The molecule has 1 amide bonds. The minimum atomic E-state index is -0.157. The number of benzene rings is 3. The van der Waals surface area contributed by atoms with E-state index in [-0.39, 0.29) is 12.3 Å². The Hall–Kier alpha value is -1.46. The van der Waals surface area contributed by atoms with Gasteiger partial charge in [0.25, 0.3) is 0 Å². The van der Waals surface area contributed by atoms with Crippen LogP contribution in [-0.4, -0.2) is 12.1 Å². The van der Waals surface area contributed by atoms with Gasteiger partial charge in [0.05, 0.1) is 19.8 Å². The maximum atomic E-state index is 12.0. The van der Waals surface area contributed by atoms with Crippen LogP contribution in [0.4, 0.5) is 0 Å². The standard InChI is InChI=1S/C22H17BrI2N2O2/c23-18-8-6-15(7-9-18)12-21(28)27-26-13-17-10-19(24)22(20(25)11-17)29-14-16-4-2-1-3-5-16/h1-11,13H,12,14H2,(H,27,28)/b26-13-. The Morgan fingerprint density at radius 3 is 2.31 bits per heavy atom. The van der Waals surface area contributed by atoms with Crippen molar-refractivity contribution >= 4 is 73.2 Å². The van der Waals surface area contributed by atoms with Crippen molar-refractivity contribution in [2.75, 3.05) is 0 Å². The lowest BCUT2D eigenvalue weighted by molar-refractivity contribution is -0.120. The van der Waals surface area contributed by atoms with Gasteiger partial charge in [-0.15, -0.1) is 0 Å². The van der Waals surface area contributed by atoms with Crippen molar-refractivity contribution in [1.82, 2.24) is 5.43 Å². The molecule has 3 aromatic rings. The number of nitrogens with one attached hydrogen (secondary N) is 1. The molecule has 29 heavy (non-hydrogen) atoms. The van der Waals surface area contributed by atoms with Crippen LogP contribution < -0.4 is 10.2 Å². The minimum Gasteiger partial charge on any atom is -0.487 e. The Kier molecular flexibility index (Phi) is 8.49. The van der Waals surface area contributed by atoms with Gasteiger partial charge in [0, 0.05) is 4.47 Å². The summed E-state index contributed by atoms with van der Waals surface area (Å²) in [6.45, 7) is 0.520. The van der Waals surface area contributed by atoms with E-state index >= 15 is 0 Å². The Labute approximate surface area is 205 Å². The second kappa shape index (κ2) is 11.1. The lowest BCUT2D eigenvalue weighted by Gasteiger charge is -2.11. The summed E-state index contributed by atoms with van der Waals surface area (Å²) in [6.07, 6.45) is 1.93. The first kappa shape index (κ1) is 22.2. The first-order valence-electron chi connectivity index (χ1n) is 8.73. The van der Waals surface area contributed by atoms with Crippen molar-refractivity contribution in [3.8, 4) is 5.75 Å². The molecule has 3 rings (SSSR count). The molecule has 0 aliphatic heterocycles. The van der Waals surface area contributed by atoms with Crippen molar-refractivity contribution < 1.29 is 9.53 Å². The number of rotatable bonds is 7. The van der Waals surface area contributed by atoms with Gasteiger partial charge in [-0.1, -0.05) is 58.4 Å². The number of hydrogen-bond donors (Lipinski definition) is 1. The van der Waals surface area contributed by atoms with Gasteiger partial charge in [-0.25, -0.2) is 5.43 Å². The molecule has 4 nitrogen and oxygen atoms in total. The molecule has 0 saturated heterocycles. The fraction of sp³-hybridized carbons (Fsp3) is 0.0909. The number of ether oxygens (including phenoxy) is 1. The maximum absolute atomic E-state index is 12.0. The first-order chi connectivity index (χ1) is 14.0. The van der Waals surface area contributed by atoms with Crippen LogP contribution in [0.15, 0.2) is 76.3 Å². The van der Waals surface area contributed by atoms with Gasteiger partial charge in [-0.3, -0.25) is 4.79 Å². The van der Waals surface area contributed by atoms with E-state index in [2.05, 4.69) is 71.6 Å². The summed E-state index contributed by atoms with van der Waals surface area (Å²) in [5.74, 6) is 0.697. The molecule has 3 aromatic carbocycles. The lowest BCUT2D eigenvalue weighted by Crippen LogP contribution is -2.19. The van der Waals surface area contributed by atoms with Crippen LogP contribution in [0.2, 0.25) is 0 Å². The van der Waals surface area contributed by atoms with E-state index in [9.17, 15) is 4.79 Å². The number of carbonyl (C=O) groups is 1. The van der Waals surface area contributed by atoms with E-state index in [4.69, 9.17) is 4.74 Å². The molecular formula is C22H17BrI2N2O2. The third kappa shape index (κ3) is 7.07. The molecule has 0 atom stereocenters. The number of hydrogen-bond acceptors (Lipinski definition) is 3. The van der Waals surface area contributed by atoms with Crippen molar-refractivity contribution in [2.45, 2.75) is 13.0 Å². The predicted molar refractivity (Wildman–Crippen MR) is 136 cm³/mol. The molecule has 0 aliphatic rings. The van der Waals surface area contributed by atoms with Crippen LogP contribution in [0, 0.1) is 7.14 Å². The average Bonchev–Trinajstić information content (AvgIpc) is 2.70. The van der Waals surface area contributed by atoms with Crippen LogP contribution >= 0.6 is 61.1 Å². The third-order valence-electron chi connectivity index (χ3n) is 3.93. The van der Waals surface area contributed by atoms with Crippen LogP contribution in [0.1, 0.15) is 16.7 Å². The van der Waals surface area contributed by atoms with Crippen LogP contribution in [0.3, 0.4) is 0 Å². The van der Waals surface area contributed by atoms with Crippen molar-refractivity contribution in [3.05, 3.63) is 95.0 Å². The van der Waals surface area contributed by atoms with Crippen LogP contribution in [0.5, 0.6) is 5.75 Å². The Morgan fingerprint density at radius 2 is 1.66 bits per heavy atom. The Morgan fingerprint density at radius 1 is 1.00 bits per heavy atom. The summed E-state index contributed by atoms with van der Waals surface area (Å²) in [6, 6.07) is 21.7. The molecule has 0 radical (unpaired) electrons. The van der Waals surface area contributed by atoms with Crippen molar-refractivity contribution in [3.63, 3.8) is 0 Å². The molecule has 0 saturated carbocycles. The summed E-state index contributed by atoms with van der Waals surface area (Å²) in [5.41, 5.74) is 5.53. The average molecular weight is 675 g/mol. The summed E-state index contributed by atoms with van der Waals surface area (Å²) < 4.78 is 8.97. The number of carbonyl (C=O) groups excluding carboxylic acids is 1. The quantitative estimate of drug-likeness (QED) is 0.192. The summed E-state index contributed by atoms with van der Waals surface area (Å²) in [5, 5.41) is 4.08. The topological polar surface area (TPSA) is 50.7 Å². The molecule has 0 aromatic heterocycles. The van der Waals surface area contributed by atoms with Crippen LogP contribution in [-0.2, 0) is 17.8 Å². The number of amides is 1. The third-order valence-corrected chi connectivity index (χ3v) is 6.06. The van der Waals surface area contributed by atoms with Gasteiger partial charge in [-0.05, 0) is 86.1 Å². The summed E-state index contributed by atoms with van der Waals surface area (Å²) >= 11 is 7.89. The molecule has 1 N–H and O–H groups in total. The molecule has 0 fully saturated rings. The zero-order valence-corrected chi connectivity index (χ0v) is 21.1. The van der Waals surface area contributed by atoms with Gasteiger partial charge in [-0.2, -0.15) is 5.10 Å². The Balaban J connectivity index is 1.57. The highest BCUT2D eigenvalue weighted by Crippen LogP contribution is 2.29.